The summed E-state index contributed by atoms with van der Waals surface area (Å²) in [5.74, 6) is -0.211. The molecule has 0 spiro atoms. The fourth-order valence-electron chi connectivity index (χ4n) is 0.791. The fraction of sp³-hybridized carbons (Fsp3) is 0.857. The van der Waals surface area contributed by atoms with Gasteiger partial charge in [-0.1, -0.05) is 0 Å². The van der Waals surface area contributed by atoms with Crippen molar-refractivity contribution in [3.8, 4) is 0 Å². The SMILES string of the molecule is COC(=O)CCOC1CNC1. The molecule has 0 aromatic heterocycles. The Labute approximate surface area is 65.9 Å². The Morgan fingerprint density at radius 1 is 1.64 bits per heavy atom. The van der Waals surface area contributed by atoms with Crippen molar-refractivity contribution in [2.45, 2.75) is 12.5 Å². The summed E-state index contributed by atoms with van der Waals surface area (Å²) in [6.45, 7) is 2.28. The summed E-state index contributed by atoms with van der Waals surface area (Å²) in [6.07, 6.45) is 0.659. The standard InChI is InChI=1S/C7H13NO3/c1-10-7(9)2-3-11-6-4-8-5-6/h6,8H,2-5H2,1H3. The number of carbonyl (C=O) groups excluding carboxylic acids is 1. The summed E-state index contributed by atoms with van der Waals surface area (Å²) in [5.41, 5.74) is 0. The van der Waals surface area contributed by atoms with Gasteiger partial charge in [-0.25, -0.2) is 0 Å². The molecule has 1 fully saturated rings. The van der Waals surface area contributed by atoms with Crippen molar-refractivity contribution in [2.24, 2.45) is 0 Å². The first kappa shape index (κ1) is 8.49. The molecule has 0 radical (unpaired) electrons. The van der Waals surface area contributed by atoms with E-state index in [9.17, 15) is 4.79 Å². The van der Waals surface area contributed by atoms with E-state index in [4.69, 9.17) is 4.74 Å². The first-order valence-electron chi connectivity index (χ1n) is 3.72. The van der Waals surface area contributed by atoms with E-state index in [1.54, 1.807) is 0 Å². The average Bonchev–Trinajstić information content (AvgIpc) is 1.94. The Hall–Kier alpha value is -0.610. The van der Waals surface area contributed by atoms with Crippen LogP contribution in [0, 0.1) is 0 Å². The van der Waals surface area contributed by atoms with E-state index in [-0.39, 0.29) is 5.97 Å². The number of hydrogen-bond acceptors (Lipinski definition) is 4. The maximum absolute atomic E-state index is 10.6. The number of ether oxygens (including phenoxy) is 2. The van der Waals surface area contributed by atoms with E-state index in [1.165, 1.54) is 7.11 Å². The van der Waals surface area contributed by atoms with E-state index < -0.39 is 0 Å². The molecule has 0 unspecified atom stereocenters. The smallest absolute Gasteiger partial charge is 0.307 e. The average molecular weight is 159 g/mol. The van der Waals surface area contributed by atoms with Crippen molar-refractivity contribution in [2.75, 3.05) is 26.8 Å². The van der Waals surface area contributed by atoms with E-state index in [1.807, 2.05) is 0 Å². The molecule has 1 aliphatic heterocycles. The summed E-state index contributed by atoms with van der Waals surface area (Å²) in [5, 5.41) is 3.07. The van der Waals surface area contributed by atoms with Crippen LogP contribution in [0.4, 0.5) is 0 Å². The molecule has 0 aromatic rings. The highest BCUT2D eigenvalue weighted by Crippen LogP contribution is 1.98. The van der Waals surface area contributed by atoms with Gasteiger partial charge in [0.2, 0.25) is 0 Å². The van der Waals surface area contributed by atoms with Gasteiger partial charge >= 0.3 is 5.97 Å². The van der Waals surface area contributed by atoms with E-state index in [0.29, 0.717) is 19.1 Å². The summed E-state index contributed by atoms with van der Waals surface area (Å²) in [7, 11) is 1.38. The van der Waals surface area contributed by atoms with Crippen LogP contribution < -0.4 is 5.32 Å². The van der Waals surface area contributed by atoms with Gasteiger partial charge in [-0.2, -0.15) is 0 Å². The van der Waals surface area contributed by atoms with Crippen molar-refractivity contribution >= 4 is 5.97 Å². The van der Waals surface area contributed by atoms with Crippen molar-refractivity contribution in [3.63, 3.8) is 0 Å². The highest BCUT2D eigenvalue weighted by atomic mass is 16.5. The van der Waals surface area contributed by atoms with Crippen LogP contribution in [-0.2, 0) is 14.3 Å². The van der Waals surface area contributed by atoms with Gasteiger partial charge in [0.15, 0.2) is 0 Å². The molecular formula is C7H13NO3. The zero-order valence-corrected chi connectivity index (χ0v) is 6.63. The topological polar surface area (TPSA) is 47.6 Å². The fourth-order valence-corrected chi connectivity index (χ4v) is 0.791. The van der Waals surface area contributed by atoms with Crippen LogP contribution in [-0.4, -0.2) is 38.9 Å². The van der Waals surface area contributed by atoms with Gasteiger partial charge in [0.05, 0.1) is 26.2 Å². The minimum Gasteiger partial charge on any atom is -0.469 e. The van der Waals surface area contributed by atoms with Gasteiger partial charge in [-0.3, -0.25) is 4.79 Å². The van der Waals surface area contributed by atoms with Gasteiger partial charge in [0.1, 0.15) is 0 Å². The summed E-state index contributed by atoms with van der Waals surface area (Å²) in [6, 6.07) is 0. The molecule has 0 aliphatic carbocycles. The van der Waals surface area contributed by atoms with Crippen LogP contribution in [0.2, 0.25) is 0 Å². The second-order valence-electron chi connectivity index (χ2n) is 2.48. The predicted octanol–water partition coefficient (Wildman–Crippen LogP) is -0.462. The zero-order chi connectivity index (χ0) is 8.10. The quantitative estimate of drug-likeness (QED) is 0.564. The molecule has 64 valence electrons. The van der Waals surface area contributed by atoms with Gasteiger partial charge in [0.25, 0.3) is 0 Å². The number of hydrogen-bond donors (Lipinski definition) is 1. The van der Waals surface area contributed by atoms with Crippen molar-refractivity contribution in [1.82, 2.24) is 5.32 Å². The molecule has 0 aromatic carbocycles. The zero-order valence-electron chi connectivity index (χ0n) is 6.63. The highest BCUT2D eigenvalue weighted by Gasteiger charge is 2.16. The lowest BCUT2D eigenvalue weighted by Gasteiger charge is -2.26. The van der Waals surface area contributed by atoms with Gasteiger partial charge < -0.3 is 14.8 Å². The van der Waals surface area contributed by atoms with Crippen LogP contribution in [0.25, 0.3) is 0 Å². The number of rotatable bonds is 4. The van der Waals surface area contributed by atoms with Gasteiger partial charge in [-0.15, -0.1) is 0 Å². The number of esters is 1. The third kappa shape index (κ3) is 2.86. The lowest BCUT2D eigenvalue weighted by atomic mass is 10.2. The normalized spacial score (nSPS) is 17.5. The maximum Gasteiger partial charge on any atom is 0.307 e. The van der Waals surface area contributed by atoms with Crippen molar-refractivity contribution < 1.29 is 14.3 Å². The molecule has 0 saturated carbocycles. The van der Waals surface area contributed by atoms with E-state index in [0.717, 1.165) is 13.1 Å². The van der Waals surface area contributed by atoms with Crippen LogP contribution in [0.1, 0.15) is 6.42 Å². The Morgan fingerprint density at radius 3 is 2.82 bits per heavy atom. The van der Waals surface area contributed by atoms with Gasteiger partial charge in [-0.05, 0) is 0 Å². The third-order valence-corrected chi connectivity index (χ3v) is 1.63. The largest absolute Gasteiger partial charge is 0.469 e. The predicted molar refractivity (Wildman–Crippen MR) is 39.2 cm³/mol. The van der Waals surface area contributed by atoms with Crippen molar-refractivity contribution in [1.29, 1.82) is 0 Å². The first-order valence-corrected chi connectivity index (χ1v) is 3.72. The van der Waals surface area contributed by atoms with E-state index >= 15 is 0 Å². The molecule has 1 rings (SSSR count). The Kier molecular flexibility index (Phi) is 3.32. The molecule has 1 heterocycles. The van der Waals surface area contributed by atoms with Crippen LogP contribution >= 0.6 is 0 Å². The summed E-state index contributed by atoms with van der Waals surface area (Å²) >= 11 is 0. The molecule has 0 bridgehead atoms. The second-order valence-corrected chi connectivity index (χ2v) is 2.48. The number of methoxy groups -OCH3 is 1. The summed E-state index contributed by atoms with van der Waals surface area (Å²) in [4.78, 5) is 10.6. The monoisotopic (exact) mass is 159 g/mol. The lowest BCUT2D eigenvalue weighted by molar-refractivity contribution is -0.142. The molecular weight excluding hydrogens is 146 g/mol. The third-order valence-electron chi connectivity index (χ3n) is 1.63. The molecule has 4 nitrogen and oxygen atoms in total. The Morgan fingerprint density at radius 2 is 2.36 bits per heavy atom. The second kappa shape index (κ2) is 4.31. The molecule has 1 saturated heterocycles. The molecule has 0 atom stereocenters. The molecule has 1 aliphatic rings. The molecule has 1 N–H and O–H groups in total. The van der Waals surface area contributed by atoms with Crippen LogP contribution in [0.5, 0.6) is 0 Å². The first-order chi connectivity index (χ1) is 5.33. The minimum absolute atomic E-state index is 0.211. The Balaban J connectivity index is 1.90. The molecule has 0 amide bonds. The minimum atomic E-state index is -0.211. The summed E-state index contributed by atoms with van der Waals surface area (Å²) < 4.78 is 9.74. The van der Waals surface area contributed by atoms with Gasteiger partial charge in [0, 0.05) is 13.1 Å². The van der Waals surface area contributed by atoms with Crippen molar-refractivity contribution in [3.05, 3.63) is 0 Å². The Bertz CT molecular complexity index is 134. The van der Waals surface area contributed by atoms with E-state index in [2.05, 4.69) is 10.1 Å². The number of carbonyl (C=O) groups is 1. The highest BCUT2D eigenvalue weighted by molar-refractivity contribution is 5.69. The number of nitrogens with one attached hydrogen (secondary N) is 1. The van der Waals surface area contributed by atoms with Crippen LogP contribution in [0.3, 0.4) is 0 Å². The lowest BCUT2D eigenvalue weighted by Crippen LogP contribution is -2.48. The maximum atomic E-state index is 10.6. The van der Waals surface area contributed by atoms with Crippen LogP contribution in [0.15, 0.2) is 0 Å². The molecule has 11 heavy (non-hydrogen) atoms. The molecule has 4 heteroatoms.